The molecular weight excluding hydrogens is 320 g/mol. The Morgan fingerprint density at radius 2 is 2.00 bits per heavy atom. The minimum absolute atomic E-state index is 0.0119. The standard InChI is InChI=1S/C18H26N4OS/c1-11-12(2)24-18-16(11)17(23)20-15(21-18)10-22-7-5-14(6-8-22)19-9-13-3-4-13/h13-14,19H,3-10H2,1-2H3,(H,20,21,23). The molecule has 1 aliphatic heterocycles. The molecule has 24 heavy (non-hydrogen) atoms. The van der Waals surface area contributed by atoms with Crippen LogP contribution in [0.3, 0.4) is 0 Å². The second-order valence-electron chi connectivity index (χ2n) is 7.38. The summed E-state index contributed by atoms with van der Waals surface area (Å²) >= 11 is 1.63. The van der Waals surface area contributed by atoms with Crippen LogP contribution >= 0.6 is 11.3 Å². The number of hydrogen-bond donors (Lipinski definition) is 2. The van der Waals surface area contributed by atoms with E-state index in [1.807, 2.05) is 6.92 Å². The maximum Gasteiger partial charge on any atom is 0.259 e. The molecule has 0 radical (unpaired) electrons. The molecule has 0 atom stereocenters. The Morgan fingerprint density at radius 3 is 2.71 bits per heavy atom. The maximum atomic E-state index is 12.4. The fourth-order valence-electron chi connectivity index (χ4n) is 3.54. The highest BCUT2D eigenvalue weighted by molar-refractivity contribution is 7.18. The Morgan fingerprint density at radius 1 is 1.25 bits per heavy atom. The first-order chi connectivity index (χ1) is 11.6. The van der Waals surface area contributed by atoms with Crippen LogP contribution in [0.5, 0.6) is 0 Å². The average molecular weight is 347 g/mol. The van der Waals surface area contributed by atoms with Crippen molar-refractivity contribution in [2.45, 2.75) is 52.1 Å². The van der Waals surface area contributed by atoms with Gasteiger partial charge in [0.1, 0.15) is 10.7 Å². The molecule has 2 aromatic rings. The molecule has 1 saturated carbocycles. The SMILES string of the molecule is Cc1sc2nc(CN3CCC(NCC4CC4)CC3)[nH]c(=O)c2c1C. The number of nitrogens with one attached hydrogen (secondary N) is 2. The van der Waals surface area contributed by atoms with Gasteiger partial charge >= 0.3 is 0 Å². The number of nitrogens with zero attached hydrogens (tertiary/aromatic N) is 2. The summed E-state index contributed by atoms with van der Waals surface area (Å²) in [6.07, 6.45) is 5.21. The van der Waals surface area contributed by atoms with Crippen molar-refractivity contribution in [2.24, 2.45) is 5.92 Å². The van der Waals surface area contributed by atoms with E-state index < -0.39 is 0 Å². The van der Waals surface area contributed by atoms with E-state index in [1.54, 1.807) is 11.3 Å². The minimum Gasteiger partial charge on any atom is -0.314 e. The average Bonchev–Trinajstić information content (AvgIpc) is 3.33. The Hall–Kier alpha value is -1.24. The van der Waals surface area contributed by atoms with Gasteiger partial charge in [-0.1, -0.05) is 0 Å². The Labute approximate surface area is 146 Å². The van der Waals surface area contributed by atoms with Gasteiger partial charge in [-0.15, -0.1) is 11.3 Å². The molecule has 2 aliphatic rings. The number of hydrogen-bond acceptors (Lipinski definition) is 5. The summed E-state index contributed by atoms with van der Waals surface area (Å²) in [5.74, 6) is 1.75. The molecule has 5 nitrogen and oxygen atoms in total. The first-order valence-corrected chi connectivity index (χ1v) is 9.86. The molecule has 0 aromatic carbocycles. The third kappa shape index (κ3) is 3.41. The molecule has 0 amide bonds. The highest BCUT2D eigenvalue weighted by Gasteiger charge is 2.24. The second-order valence-corrected chi connectivity index (χ2v) is 8.58. The summed E-state index contributed by atoms with van der Waals surface area (Å²) in [4.78, 5) is 24.5. The van der Waals surface area contributed by atoms with Crippen molar-refractivity contribution in [3.8, 4) is 0 Å². The number of H-pyrrole nitrogens is 1. The Bertz CT molecular complexity index is 784. The van der Waals surface area contributed by atoms with Gasteiger partial charge in [0, 0.05) is 24.0 Å². The zero-order valence-electron chi connectivity index (χ0n) is 14.5. The van der Waals surface area contributed by atoms with Gasteiger partial charge in [0.05, 0.1) is 11.9 Å². The number of rotatable bonds is 5. The number of likely N-dealkylation sites (tertiary alicyclic amines) is 1. The van der Waals surface area contributed by atoms with Gasteiger partial charge in [-0.3, -0.25) is 9.69 Å². The van der Waals surface area contributed by atoms with E-state index in [0.717, 1.165) is 47.2 Å². The van der Waals surface area contributed by atoms with Crippen LogP contribution in [0.15, 0.2) is 4.79 Å². The summed E-state index contributed by atoms with van der Waals surface area (Å²) < 4.78 is 0. The van der Waals surface area contributed by atoms with Crippen molar-refractivity contribution in [3.63, 3.8) is 0 Å². The summed E-state index contributed by atoms with van der Waals surface area (Å²) in [6.45, 7) is 8.16. The van der Waals surface area contributed by atoms with E-state index in [4.69, 9.17) is 4.98 Å². The van der Waals surface area contributed by atoms with Crippen LogP contribution in [0.1, 0.15) is 41.9 Å². The van der Waals surface area contributed by atoms with E-state index >= 15 is 0 Å². The van der Waals surface area contributed by atoms with Crippen LogP contribution in [0.4, 0.5) is 0 Å². The third-order valence-corrected chi connectivity index (χ3v) is 6.54. The Kier molecular flexibility index (Phi) is 4.45. The van der Waals surface area contributed by atoms with Crippen LogP contribution in [-0.4, -0.2) is 40.5 Å². The molecule has 6 heteroatoms. The first-order valence-electron chi connectivity index (χ1n) is 9.05. The zero-order valence-corrected chi connectivity index (χ0v) is 15.3. The zero-order chi connectivity index (χ0) is 16.7. The molecule has 130 valence electrons. The maximum absolute atomic E-state index is 12.4. The van der Waals surface area contributed by atoms with Crippen molar-refractivity contribution in [2.75, 3.05) is 19.6 Å². The van der Waals surface area contributed by atoms with E-state index in [9.17, 15) is 4.79 Å². The molecule has 0 bridgehead atoms. The number of thiophene rings is 1. The molecule has 1 saturated heterocycles. The third-order valence-electron chi connectivity index (χ3n) is 5.44. The first kappa shape index (κ1) is 16.2. The quantitative estimate of drug-likeness (QED) is 0.873. The van der Waals surface area contributed by atoms with Gasteiger partial charge in [0.2, 0.25) is 0 Å². The lowest BCUT2D eigenvalue weighted by atomic mass is 10.0. The fourth-order valence-corrected chi connectivity index (χ4v) is 4.59. The molecule has 2 aromatic heterocycles. The van der Waals surface area contributed by atoms with Crippen molar-refractivity contribution < 1.29 is 0 Å². The van der Waals surface area contributed by atoms with Crippen molar-refractivity contribution in [1.29, 1.82) is 0 Å². The fraction of sp³-hybridized carbons (Fsp3) is 0.667. The van der Waals surface area contributed by atoms with E-state index in [-0.39, 0.29) is 5.56 Å². The largest absolute Gasteiger partial charge is 0.314 e. The predicted molar refractivity (Wildman–Crippen MR) is 98.7 cm³/mol. The van der Waals surface area contributed by atoms with Crippen molar-refractivity contribution >= 4 is 21.6 Å². The molecule has 4 rings (SSSR count). The molecule has 2 N–H and O–H groups in total. The lowest BCUT2D eigenvalue weighted by molar-refractivity contribution is 0.186. The minimum atomic E-state index is 0.0119. The molecule has 0 spiro atoms. The van der Waals surface area contributed by atoms with Gasteiger partial charge in [0.15, 0.2) is 0 Å². The molecule has 2 fully saturated rings. The number of aryl methyl sites for hydroxylation is 2. The number of fused-ring (bicyclic) bond motifs is 1. The van der Waals surface area contributed by atoms with Crippen LogP contribution in [-0.2, 0) is 6.54 Å². The number of aromatic amines is 1. The molecular formula is C18H26N4OS. The summed E-state index contributed by atoms with van der Waals surface area (Å²) in [6, 6.07) is 0.666. The summed E-state index contributed by atoms with van der Waals surface area (Å²) in [5, 5.41) is 4.48. The van der Waals surface area contributed by atoms with Crippen LogP contribution in [0.2, 0.25) is 0 Å². The topological polar surface area (TPSA) is 61.0 Å². The summed E-state index contributed by atoms with van der Waals surface area (Å²) in [7, 11) is 0. The molecule has 3 heterocycles. The second kappa shape index (κ2) is 6.58. The van der Waals surface area contributed by atoms with Crippen LogP contribution < -0.4 is 10.9 Å². The van der Waals surface area contributed by atoms with Crippen molar-refractivity contribution in [1.82, 2.24) is 20.2 Å². The van der Waals surface area contributed by atoms with Gasteiger partial charge in [-0.05, 0) is 57.6 Å². The number of aromatic nitrogens is 2. The smallest absolute Gasteiger partial charge is 0.259 e. The predicted octanol–water partition coefficient (Wildman–Crippen LogP) is 2.57. The van der Waals surface area contributed by atoms with Crippen LogP contribution in [0.25, 0.3) is 10.2 Å². The van der Waals surface area contributed by atoms with Crippen molar-refractivity contribution in [3.05, 3.63) is 26.6 Å². The molecule has 1 aliphatic carbocycles. The number of piperidine rings is 1. The highest BCUT2D eigenvalue weighted by Crippen LogP contribution is 2.28. The monoisotopic (exact) mass is 346 g/mol. The van der Waals surface area contributed by atoms with E-state index in [2.05, 4.69) is 22.1 Å². The normalized spacial score (nSPS) is 20.1. The van der Waals surface area contributed by atoms with Gasteiger partial charge < -0.3 is 10.3 Å². The van der Waals surface area contributed by atoms with Gasteiger partial charge in [-0.2, -0.15) is 0 Å². The highest BCUT2D eigenvalue weighted by atomic mass is 32.1. The lowest BCUT2D eigenvalue weighted by Gasteiger charge is -2.32. The Balaban J connectivity index is 1.39. The van der Waals surface area contributed by atoms with Gasteiger partial charge in [-0.25, -0.2) is 4.98 Å². The van der Waals surface area contributed by atoms with E-state index in [0.29, 0.717) is 6.04 Å². The lowest BCUT2D eigenvalue weighted by Crippen LogP contribution is -2.43. The van der Waals surface area contributed by atoms with E-state index in [1.165, 1.54) is 37.1 Å². The van der Waals surface area contributed by atoms with Crippen LogP contribution in [0, 0.1) is 19.8 Å². The molecule has 0 unspecified atom stereocenters. The summed E-state index contributed by atoms with van der Waals surface area (Å²) in [5.41, 5.74) is 1.08. The van der Waals surface area contributed by atoms with Gasteiger partial charge in [0.25, 0.3) is 5.56 Å².